The Morgan fingerprint density at radius 1 is 1.21 bits per heavy atom. The zero-order chi connectivity index (χ0) is 16.5. The summed E-state index contributed by atoms with van der Waals surface area (Å²) in [7, 11) is 1.66. The van der Waals surface area contributed by atoms with E-state index in [1.807, 2.05) is 35.7 Å². The normalized spacial score (nSPS) is 10.9. The Kier molecular flexibility index (Phi) is 3.51. The summed E-state index contributed by atoms with van der Waals surface area (Å²) in [6.45, 7) is 0. The van der Waals surface area contributed by atoms with E-state index in [1.165, 1.54) is 28.5 Å². The third kappa shape index (κ3) is 2.42. The summed E-state index contributed by atoms with van der Waals surface area (Å²) in [5.41, 5.74) is 2.41. The topological polar surface area (TPSA) is 85.6 Å². The van der Waals surface area contributed by atoms with Crippen LogP contribution < -0.4 is 5.32 Å². The smallest absolute Gasteiger partial charge is 0.276 e. The molecule has 3 heterocycles. The number of benzene rings is 1. The standard InChI is InChI=1S/C16H12N6OS/c1-22-12(7-19-21-22)15(23)20-14-13-11(10-5-3-2-4-6-10)8-24-16(13)18-9-17-14/h2-9H,1H3,(H,17,18,20,23). The Morgan fingerprint density at radius 2 is 2.04 bits per heavy atom. The molecule has 0 saturated carbocycles. The number of rotatable bonds is 3. The van der Waals surface area contributed by atoms with Crippen LogP contribution in [0.2, 0.25) is 0 Å². The Morgan fingerprint density at radius 3 is 2.79 bits per heavy atom. The fourth-order valence-electron chi connectivity index (χ4n) is 2.47. The van der Waals surface area contributed by atoms with E-state index in [0.29, 0.717) is 11.5 Å². The molecule has 7 nitrogen and oxygen atoms in total. The number of fused-ring (bicyclic) bond motifs is 1. The van der Waals surface area contributed by atoms with Crippen LogP contribution >= 0.6 is 11.3 Å². The van der Waals surface area contributed by atoms with Crippen molar-refractivity contribution >= 4 is 33.3 Å². The van der Waals surface area contributed by atoms with Gasteiger partial charge in [0.1, 0.15) is 22.7 Å². The Bertz CT molecular complexity index is 1020. The molecule has 1 amide bonds. The third-order valence-electron chi connectivity index (χ3n) is 3.63. The molecule has 1 N–H and O–H groups in total. The predicted molar refractivity (Wildman–Crippen MR) is 91.8 cm³/mol. The third-order valence-corrected chi connectivity index (χ3v) is 4.52. The number of amides is 1. The van der Waals surface area contributed by atoms with E-state index < -0.39 is 0 Å². The molecule has 0 unspecified atom stereocenters. The van der Waals surface area contributed by atoms with Crippen molar-refractivity contribution < 1.29 is 4.79 Å². The van der Waals surface area contributed by atoms with Gasteiger partial charge in [0.2, 0.25) is 0 Å². The number of hydrogen-bond acceptors (Lipinski definition) is 6. The number of anilines is 1. The Labute approximate surface area is 141 Å². The number of thiophene rings is 1. The van der Waals surface area contributed by atoms with Crippen molar-refractivity contribution in [2.75, 3.05) is 5.32 Å². The summed E-state index contributed by atoms with van der Waals surface area (Å²) in [5, 5.41) is 13.2. The van der Waals surface area contributed by atoms with Crippen molar-refractivity contribution in [3.05, 3.63) is 53.9 Å². The summed E-state index contributed by atoms with van der Waals surface area (Å²) in [4.78, 5) is 21.8. The maximum atomic E-state index is 12.4. The van der Waals surface area contributed by atoms with Crippen LogP contribution in [-0.2, 0) is 7.05 Å². The van der Waals surface area contributed by atoms with Crippen LogP contribution in [0.4, 0.5) is 5.82 Å². The van der Waals surface area contributed by atoms with Gasteiger partial charge in [0.25, 0.3) is 5.91 Å². The lowest BCUT2D eigenvalue weighted by Crippen LogP contribution is -2.17. The molecule has 8 heteroatoms. The van der Waals surface area contributed by atoms with Crippen molar-refractivity contribution in [1.82, 2.24) is 25.0 Å². The zero-order valence-corrected chi connectivity index (χ0v) is 13.5. The number of carbonyl (C=O) groups excluding carboxylic acids is 1. The number of hydrogen-bond donors (Lipinski definition) is 1. The van der Waals surface area contributed by atoms with Crippen molar-refractivity contribution in [1.29, 1.82) is 0 Å². The minimum absolute atomic E-state index is 0.312. The zero-order valence-electron chi connectivity index (χ0n) is 12.7. The lowest BCUT2D eigenvalue weighted by molar-refractivity contribution is 0.101. The van der Waals surface area contributed by atoms with Gasteiger partial charge < -0.3 is 5.32 Å². The SMILES string of the molecule is Cn1nncc1C(=O)Nc1ncnc2scc(-c3ccccc3)c12. The van der Waals surface area contributed by atoms with Gasteiger partial charge >= 0.3 is 0 Å². The highest BCUT2D eigenvalue weighted by Gasteiger charge is 2.17. The van der Waals surface area contributed by atoms with Crippen LogP contribution in [0.25, 0.3) is 21.3 Å². The number of aromatic nitrogens is 5. The van der Waals surface area contributed by atoms with Gasteiger partial charge in [-0.25, -0.2) is 14.6 Å². The van der Waals surface area contributed by atoms with E-state index in [-0.39, 0.29) is 5.91 Å². The van der Waals surface area contributed by atoms with E-state index in [0.717, 1.165) is 21.3 Å². The molecule has 0 bridgehead atoms. The molecule has 0 saturated heterocycles. The Balaban J connectivity index is 1.80. The van der Waals surface area contributed by atoms with E-state index in [9.17, 15) is 4.79 Å². The van der Waals surface area contributed by atoms with Crippen molar-refractivity contribution in [2.24, 2.45) is 7.05 Å². The predicted octanol–water partition coefficient (Wildman–Crippen LogP) is 2.74. The fraction of sp³-hybridized carbons (Fsp3) is 0.0625. The highest BCUT2D eigenvalue weighted by molar-refractivity contribution is 7.17. The molecule has 1 aromatic carbocycles. The molecule has 0 aliphatic rings. The molecular formula is C16H12N6OS. The van der Waals surface area contributed by atoms with Gasteiger partial charge in [0, 0.05) is 18.0 Å². The van der Waals surface area contributed by atoms with Crippen LogP contribution in [0.15, 0.2) is 48.2 Å². The van der Waals surface area contributed by atoms with Gasteiger partial charge in [-0.05, 0) is 5.56 Å². The summed E-state index contributed by atoms with van der Waals surface area (Å²) < 4.78 is 1.42. The molecule has 0 fully saturated rings. The first-order chi connectivity index (χ1) is 11.7. The molecule has 0 aliphatic heterocycles. The summed E-state index contributed by atoms with van der Waals surface area (Å²) in [5.74, 6) is 0.166. The first kappa shape index (κ1) is 14.5. The van der Waals surface area contributed by atoms with Gasteiger partial charge in [0.05, 0.1) is 11.6 Å². The van der Waals surface area contributed by atoms with Gasteiger partial charge in [0.15, 0.2) is 0 Å². The molecule has 0 spiro atoms. The monoisotopic (exact) mass is 336 g/mol. The van der Waals surface area contributed by atoms with Gasteiger partial charge in [-0.1, -0.05) is 35.5 Å². The second-order valence-corrected chi connectivity index (χ2v) is 5.97. The molecule has 4 rings (SSSR count). The number of nitrogens with one attached hydrogen (secondary N) is 1. The average Bonchev–Trinajstić information content (AvgIpc) is 3.22. The lowest BCUT2D eigenvalue weighted by atomic mass is 10.1. The maximum Gasteiger partial charge on any atom is 0.276 e. The van der Waals surface area contributed by atoms with Crippen molar-refractivity contribution in [3.63, 3.8) is 0 Å². The van der Waals surface area contributed by atoms with E-state index in [2.05, 4.69) is 25.6 Å². The fourth-order valence-corrected chi connectivity index (χ4v) is 3.38. The first-order valence-electron chi connectivity index (χ1n) is 7.17. The molecule has 118 valence electrons. The van der Waals surface area contributed by atoms with Crippen LogP contribution in [0.3, 0.4) is 0 Å². The van der Waals surface area contributed by atoms with Crippen LogP contribution in [0.1, 0.15) is 10.5 Å². The van der Waals surface area contributed by atoms with Crippen LogP contribution in [0.5, 0.6) is 0 Å². The second-order valence-electron chi connectivity index (χ2n) is 5.11. The molecule has 3 aromatic heterocycles. The quantitative estimate of drug-likeness (QED) is 0.622. The van der Waals surface area contributed by atoms with Crippen molar-refractivity contribution in [2.45, 2.75) is 0 Å². The molecule has 0 atom stereocenters. The molecule has 0 radical (unpaired) electrons. The summed E-state index contributed by atoms with van der Waals surface area (Å²) in [6, 6.07) is 9.95. The van der Waals surface area contributed by atoms with Gasteiger partial charge in [-0.3, -0.25) is 4.79 Å². The highest BCUT2D eigenvalue weighted by Crippen LogP contribution is 2.36. The lowest BCUT2D eigenvalue weighted by Gasteiger charge is -2.07. The van der Waals surface area contributed by atoms with Crippen LogP contribution in [-0.4, -0.2) is 30.9 Å². The van der Waals surface area contributed by atoms with Crippen LogP contribution in [0, 0.1) is 0 Å². The second kappa shape index (κ2) is 5.82. The summed E-state index contributed by atoms with van der Waals surface area (Å²) in [6.07, 6.45) is 2.87. The molecule has 0 aliphatic carbocycles. The van der Waals surface area contributed by atoms with E-state index >= 15 is 0 Å². The minimum atomic E-state index is -0.312. The van der Waals surface area contributed by atoms with E-state index in [4.69, 9.17) is 0 Å². The maximum absolute atomic E-state index is 12.4. The number of aryl methyl sites for hydroxylation is 1. The van der Waals surface area contributed by atoms with Crippen molar-refractivity contribution in [3.8, 4) is 11.1 Å². The van der Waals surface area contributed by atoms with E-state index in [1.54, 1.807) is 7.05 Å². The number of carbonyl (C=O) groups is 1. The highest BCUT2D eigenvalue weighted by atomic mass is 32.1. The minimum Gasteiger partial charge on any atom is -0.305 e. The molecular weight excluding hydrogens is 324 g/mol. The van der Waals surface area contributed by atoms with Gasteiger partial charge in [-0.15, -0.1) is 16.4 Å². The number of nitrogens with zero attached hydrogens (tertiary/aromatic N) is 5. The average molecular weight is 336 g/mol. The summed E-state index contributed by atoms with van der Waals surface area (Å²) >= 11 is 1.52. The molecule has 4 aromatic rings. The first-order valence-corrected chi connectivity index (χ1v) is 8.05. The van der Waals surface area contributed by atoms with Gasteiger partial charge in [-0.2, -0.15) is 0 Å². The largest absolute Gasteiger partial charge is 0.305 e. The Hall–Kier alpha value is -3.13. The molecule has 24 heavy (non-hydrogen) atoms.